The van der Waals surface area contributed by atoms with Gasteiger partial charge in [-0.1, -0.05) is 59.6 Å². The summed E-state index contributed by atoms with van der Waals surface area (Å²) in [6, 6.07) is 16.7. The predicted molar refractivity (Wildman–Crippen MR) is 131 cm³/mol. The van der Waals surface area contributed by atoms with Gasteiger partial charge in [0.25, 0.3) is 5.91 Å². The second-order valence-electron chi connectivity index (χ2n) is 8.51. The minimum absolute atomic E-state index is 0.0433. The van der Waals surface area contributed by atoms with Gasteiger partial charge in [-0.05, 0) is 23.8 Å². The van der Waals surface area contributed by atoms with Crippen molar-refractivity contribution in [1.29, 1.82) is 0 Å². The number of hydrogen-bond donors (Lipinski definition) is 0. The minimum atomic E-state index is -4.72. The van der Waals surface area contributed by atoms with Crippen LogP contribution in [-0.2, 0) is 12.7 Å². The van der Waals surface area contributed by atoms with E-state index < -0.39 is 17.8 Å². The molecule has 0 saturated carbocycles. The van der Waals surface area contributed by atoms with E-state index in [-0.39, 0.29) is 27.1 Å². The fourth-order valence-corrected chi connectivity index (χ4v) is 4.50. The van der Waals surface area contributed by atoms with E-state index in [1.165, 1.54) is 29.8 Å². The molecule has 3 heterocycles. The van der Waals surface area contributed by atoms with Crippen LogP contribution in [0.15, 0.2) is 60.7 Å². The van der Waals surface area contributed by atoms with Crippen LogP contribution in [0.2, 0.25) is 10.0 Å². The number of alkyl halides is 3. The number of benzene rings is 2. The standard InChI is InChI=1S/C25H20Cl2F3N5O/c26-18-7-6-17(12-19(18)27)20-13-22(25(28,29)30)35-23(31-20)14-21(32-35)24(36)34-10-8-33(9-11-34)15-16-4-2-1-3-5-16/h1-7,12-14H,8-11,15H2. The van der Waals surface area contributed by atoms with E-state index in [4.69, 9.17) is 23.2 Å². The van der Waals surface area contributed by atoms with Crippen molar-refractivity contribution in [2.75, 3.05) is 26.2 Å². The summed E-state index contributed by atoms with van der Waals surface area (Å²) in [5.74, 6) is -0.427. The monoisotopic (exact) mass is 533 g/mol. The van der Waals surface area contributed by atoms with Crippen molar-refractivity contribution in [3.8, 4) is 11.3 Å². The molecular weight excluding hydrogens is 514 g/mol. The maximum Gasteiger partial charge on any atom is 0.433 e. The van der Waals surface area contributed by atoms with Crippen molar-refractivity contribution in [3.63, 3.8) is 0 Å². The molecule has 1 aliphatic rings. The van der Waals surface area contributed by atoms with Crippen molar-refractivity contribution in [1.82, 2.24) is 24.4 Å². The summed E-state index contributed by atoms with van der Waals surface area (Å²) in [5.41, 5.74) is 0.372. The zero-order chi connectivity index (χ0) is 25.4. The minimum Gasteiger partial charge on any atom is -0.335 e. The van der Waals surface area contributed by atoms with Crippen LogP contribution in [0.1, 0.15) is 21.7 Å². The van der Waals surface area contributed by atoms with Crippen LogP contribution in [0.3, 0.4) is 0 Å². The van der Waals surface area contributed by atoms with E-state index in [9.17, 15) is 18.0 Å². The first-order chi connectivity index (χ1) is 17.2. The summed E-state index contributed by atoms with van der Waals surface area (Å²) in [4.78, 5) is 21.3. The average Bonchev–Trinajstić information content (AvgIpc) is 3.29. The Morgan fingerprint density at radius 2 is 1.64 bits per heavy atom. The molecule has 1 fully saturated rings. The molecule has 1 saturated heterocycles. The zero-order valence-corrected chi connectivity index (χ0v) is 20.4. The van der Waals surface area contributed by atoms with Gasteiger partial charge in [-0.3, -0.25) is 9.69 Å². The highest BCUT2D eigenvalue weighted by Crippen LogP contribution is 2.34. The van der Waals surface area contributed by atoms with Gasteiger partial charge in [0.15, 0.2) is 17.0 Å². The third-order valence-corrected chi connectivity index (χ3v) is 6.80. The first-order valence-corrected chi connectivity index (χ1v) is 11.9. The van der Waals surface area contributed by atoms with Gasteiger partial charge in [0.1, 0.15) is 0 Å². The number of rotatable bonds is 4. The topological polar surface area (TPSA) is 53.7 Å². The number of carbonyl (C=O) groups excluding carboxylic acids is 1. The Bertz CT molecular complexity index is 1420. The van der Waals surface area contributed by atoms with Gasteiger partial charge >= 0.3 is 6.18 Å². The maximum absolute atomic E-state index is 13.9. The quantitative estimate of drug-likeness (QED) is 0.338. The van der Waals surface area contributed by atoms with Crippen molar-refractivity contribution in [2.24, 2.45) is 0 Å². The van der Waals surface area contributed by atoms with Crippen LogP contribution >= 0.6 is 23.2 Å². The van der Waals surface area contributed by atoms with Gasteiger partial charge in [-0.2, -0.15) is 18.3 Å². The summed E-state index contributed by atoms with van der Waals surface area (Å²) in [7, 11) is 0. The number of nitrogens with zero attached hydrogens (tertiary/aromatic N) is 5. The van der Waals surface area contributed by atoms with Gasteiger partial charge in [-0.25, -0.2) is 9.50 Å². The van der Waals surface area contributed by atoms with Gasteiger partial charge < -0.3 is 4.90 Å². The second-order valence-corrected chi connectivity index (χ2v) is 9.32. The van der Waals surface area contributed by atoms with Crippen LogP contribution in [0.5, 0.6) is 0 Å². The highest BCUT2D eigenvalue weighted by Gasteiger charge is 2.36. The van der Waals surface area contributed by atoms with E-state index >= 15 is 0 Å². The summed E-state index contributed by atoms with van der Waals surface area (Å²) in [6.45, 7) is 2.98. The van der Waals surface area contributed by atoms with Crippen LogP contribution in [0, 0.1) is 0 Å². The molecule has 1 aliphatic heterocycles. The van der Waals surface area contributed by atoms with E-state index in [1.807, 2.05) is 30.3 Å². The summed E-state index contributed by atoms with van der Waals surface area (Å²) >= 11 is 12.0. The third-order valence-electron chi connectivity index (χ3n) is 6.06. The summed E-state index contributed by atoms with van der Waals surface area (Å²) < 4.78 is 42.4. The maximum atomic E-state index is 13.9. The molecule has 0 radical (unpaired) electrons. The Morgan fingerprint density at radius 1 is 0.917 bits per heavy atom. The molecule has 0 N–H and O–H groups in total. The highest BCUT2D eigenvalue weighted by atomic mass is 35.5. The number of aromatic nitrogens is 3. The lowest BCUT2D eigenvalue weighted by Crippen LogP contribution is -2.48. The van der Waals surface area contributed by atoms with E-state index in [0.717, 1.165) is 12.6 Å². The van der Waals surface area contributed by atoms with Crippen molar-refractivity contribution < 1.29 is 18.0 Å². The Kier molecular flexibility index (Phi) is 6.63. The van der Waals surface area contributed by atoms with Crippen LogP contribution in [0.4, 0.5) is 13.2 Å². The normalized spacial score (nSPS) is 15.0. The average molecular weight is 534 g/mol. The Balaban J connectivity index is 1.40. The zero-order valence-electron chi connectivity index (χ0n) is 18.8. The molecule has 2 aromatic heterocycles. The van der Waals surface area contributed by atoms with Gasteiger partial charge in [0, 0.05) is 44.4 Å². The molecule has 5 rings (SSSR count). The number of halogens is 5. The predicted octanol–water partition coefficient (Wildman–Crippen LogP) is 5.68. The number of amides is 1. The molecule has 186 valence electrons. The summed E-state index contributed by atoms with van der Waals surface area (Å²) in [6.07, 6.45) is -4.72. The lowest BCUT2D eigenvalue weighted by molar-refractivity contribution is -0.142. The van der Waals surface area contributed by atoms with Crippen molar-refractivity contribution >= 4 is 34.8 Å². The van der Waals surface area contributed by atoms with Crippen LogP contribution < -0.4 is 0 Å². The fourth-order valence-electron chi connectivity index (χ4n) is 4.20. The number of carbonyl (C=O) groups is 1. The Morgan fingerprint density at radius 3 is 2.31 bits per heavy atom. The molecule has 11 heteroatoms. The molecule has 0 aliphatic carbocycles. The molecule has 2 aromatic carbocycles. The third kappa shape index (κ3) is 5.04. The molecule has 0 unspecified atom stereocenters. The lowest BCUT2D eigenvalue weighted by Gasteiger charge is -2.34. The molecule has 36 heavy (non-hydrogen) atoms. The molecule has 0 spiro atoms. The molecule has 4 aromatic rings. The van der Waals surface area contributed by atoms with Crippen LogP contribution in [-0.4, -0.2) is 56.5 Å². The fraction of sp³-hybridized carbons (Fsp3) is 0.240. The molecule has 0 bridgehead atoms. The van der Waals surface area contributed by atoms with E-state index in [1.54, 1.807) is 4.90 Å². The van der Waals surface area contributed by atoms with Gasteiger partial charge in [0.05, 0.1) is 15.7 Å². The van der Waals surface area contributed by atoms with Gasteiger partial charge in [-0.15, -0.1) is 0 Å². The Hall–Kier alpha value is -3.14. The van der Waals surface area contributed by atoms with Gasteiger partial charge in [0.2, 0.25) is 0 Å². The number of fused-ring (bicyclic) bond motifs is 1. The second kappa shape index (κ2) is 9.72. The molecule has 6 nitrogen and oxygen atoms in total. The first kappa shape index (κ1) is 24.5. The summed E-state index contributed by atoms with van der Waals surface area (Å²) in [5, 5.41) is 4.46. The number of piperazine rings is 1. The van der Waals surface area contributed by atoms with E-state index in [2.05, 4.69) is 15.0 Å². The van der Waals surface area contributed by atoms with Crippen molar-refractivity contribution in [2.45, 2.75) is 12.7 Å². The smallest absolute Gasteiger partial charge is 0.335 e. The lowest BCUT2D eigenvalue weighted by atomic mass is 10.1. The number of hydrogen-bond acceptors (Lipinski definition) is 4. The van der Waals surface area contributed by atoms with E-state index in [0.29, 0.717) is 36.3 Å². The van der Waals surface area contributed by atoms with Crippen molar-refractivity contribution in [3.05, 3.63) is 87.7 Å². The first-order valence-electron chi connectivity index (χ1n) is 11.2. The largest absolute Gasteiger partial charge is 0.433 e. The SMILES string of the molecule is O=C(c1cc2nc(-c3ccc(Cl)c(Cl)c3)cc(C(F)(F)F)n2n1)N1CCN(Cc2ccccc2)CC1. The Labute approximate surface area is 214 Å². The highest BCUT2D eigenvalue weighted by molar-refractivity contribution is 6.42. The molecule has 0 atom stereocenters. The molecule has 1 amide bonds. The molecular formula is C25H20Cl2F3N5O. The van der Waals surface area contributed by atoms with Crippen LogP contribution in [0.25, 0.3) is 16.9 Å².